The van der Waals surface area contributed by atoms with Crippen LogP contribution in [0.5, 0.6) is 0 Å². The summed E-state index contributed by atoms with van der Waals surface area (Å²) in [5.74, 6) is -2.62. The Morgan fingerprint density at radius 3 is 1.58 bits per heavy atom. The Morgan fingerprint density at radius 2 is 1.10 bits per heavy atom. The first-order valence-corrected chi connectivity index (χ1v) is 11.1. The number of anilines is 1. The van der Waals surface area contributed by atoms with E-state index in [1.54, 1.807) is 35.7 Å². The minimum atomic E-state index is -0.897. The van der Waals surface area contributed by atoms with Crippen molar-refractivity contribution in [2.75, 3.05) is 5.32 Å². The van der Waals surface area contributed by atoms with E-state index >= 15 is 0 Å². The minimum absolute atomic E-state index is 0.465. The smallest absolute Gasteiger partial charge is 0.261 e. The average Bonchev–Trinajstić information content (AvgIpc) is 2.75. The Morgan fingerprint density at radius 1 is 0.613 bits per heavy atom. The largest absolute Gasteiger partial charge is 0.322 e. The molecule has 4 aromatic rings. The standard InChI is InChI=1S/C25H17F2NOS2/c26-22-12-7-13-23(27)24(22)25(29)28-17-14-20(30-18-8-3-1-4-9-18)16-21(15-17)31-19-10-5-2-6-11-19/h1-16H,(H,28,29). The van der Waals surface area contributed by atoms with Gasteiger partial charge in [-0.05, 0) is 54.6 Å². The van der Waals surface area contributed by atoms with Crippen LogP contribution in [-0.2, 0) is 0 Å². The highest BCUT2D eigenvalue weighted by Gasteiger charge is 2.17. The lowest BCUT2D eigenvalue weighted by molar-refractivity contribution is 0.101. The van der Waals surface area contributed by atoms with E-state index in [1.807, 2.05) is 66.7 Å². The molecule has 4 aromatic carbocycles. The Kier molecular flexibility index (Phi) is 6.70. The SMILES string of the molecule is O=C(Nc1cc(Sc2ccccc2)cc(Sc2ccccc2)c1)c1c(F)cccc1F. The first-order chi connectivity index (χ1) is 15.1. The highest BCUT2D eigenvalue weighted by atomic mass is 32.2. The van der Waals surface area contributed by atoms with Gasteiger partial charge in [-0.2, -0.15) is 0 Å². The van der Waals surface area contributed by atoms with E-state index in [1.165, 1.54) is 6.07 Å². The second-order valence-electron chi connectivity index (χ2n) is 6.57. The molecule has 0 unspecified atom stereocenters. The Hall–Kier alpha value is -3.09. The maximum atomic E-state index is 14.0. The van der Waals surface area contributed by atoms with Crippen LogP contribution in [0.25, 0.3) is 0 Å². The summed E-state index contributed by atoms with van der Waals surface area (Å²) < 4.78 is 28.1. The number of hydrogen-bond donors (Lipinski definition) is 1. The van der Waals surface area contributed by atoms with Crippen LogP contribution in [0.2, 0.25) is 0 Å². The molecule has 1 amide bonds. The van der Waals surface area contributed by atoms with E-state index in [0.29, 0.717) is 5.69 Å². The van der Waals surface area contributed by atoms with Crippen LogP contribution in [0.1, 0.15) is 10.4 Å². The minimum Gasteiger partial charge on any atom is -0.322 e. The van der Waals surface area contributed by atoms with Crippen LogP contribution in [0.15, 0.2) is 117 Å². The molecule has 0 atom stereocenters. The molecule has 0 bridgehead atoms. The number of halogens is 2. The lowest BCUT2D eigenvalue weighted by atomic mass is 10.2. The van der Waals surface area contributed by atoms with E-state index in [2.05, 4.69) is 5.32 Å². The third kappa shape index (κ3) is 5.54. The predicted octanol–water partition coefficient (Wildman–Crippen LogP) is 7.52. The van der Waals surface area contributed by atoms with Crippen molar-refractivity contribution in [2.24, 2.45) is 0 Å². The van der Waals surface area contributed by atoms with Crippen molar-refractivity contribution in [1.82, 2.24) is 0 Å². The van der Waals surface area contributed by atoms with Crippen molar-refractivity contribution in [2.45, 2.75) is 19.6 Å². The molecule has 0 radical (unpaired) electrons. The van der Waals surface area contributed by atoms with Crippen molar-refractivity contribution >= 4 is 35.1 Å². The van der Waals surface area contributed by atoms with Crippen LogP contribution in [-0.4, -0.2) is 5.91 Å². The molecule has 0 aliphatic heterocycles. The molecule has 31 heavy (non-hydrogen) atoms. The van der Waals surface area contributed by atoms with E-state index in [4.69, 9.17) is 0 Å². The van der Waals surface area contributed by atoms with Gasteiger partial charge >= 0.3 is 0 Å². The van der Waals surface area contributed by atoms with Crippen molar-refractivity contribution in [3.8, 4) is 0 Å². The fourth-order valence-corrected chi connectivity index (χ4v) is 4.87. The summed E-state index contributed by atoms with van der Waals surface area (Å²) in [5, 5.41) is 2.65. The number of hydrogen-bond acceptors (Lipinski definition) is 3. The van der Waals surface area contributed by atoms with E-state index in [0.717, 1.165) is 31.7 Å². The van der Waals surface area contributed by atoms with Crippen molar-refractivity contribution in [1.29, 1.82) is 0 Å². The van der Waals surface area contributed by atoms with Gasteiger partial charge in [0.1, 0.15) is 17.2 Å². The Labute approximate surface area is 187 Å². The number of benzene rings is 4. The second-order valence-corrected chi connectivity index (χ2v) is 8.87. The molecule has 154 valence electrons. The summed E-state index contributed by atoms with van der Waals surface area (Å²) in [6.07, 6.45) is 0. The summed E-state index contributed by atoms with van der Waals surface area (Å²) in [4.78, 5) is 16.5. The molecule has 2 nitrogen and oxygen atoms in total. The van der Waals surface area contributed by atoms with Gasteiger partial charge in [0.2, 0.25) is 0 Å². The molecular weight excluding hydrogens is 432 g/mol. The van der Waals surface area contributed by atoms with Gasteiger partial charge in [-0.3, -0.25) is 4.79 Å². The van der Waals surface area contributed by atoms with E-state index < -0.39 is 23.1 Å². The quantitative estimate of drug-likeness (QED) is 0.330. The van der Waals surface area contributed by atoms with Gasteiger partial charge in [0.25, 0.3) is 5.91 Å². The van der Waals surface area contributed by atoms with Crippen LogP contribution >= 0.6 is 23.5 Å². The molecule has 0 saturated carbocycles. The van der Waals surface area contributed by atoms with Gasteiger partial charge in [0.15, 0.2) is 0 Å². The summed E-state index contributed by atoms with van der Waals surface area (Å²) in [6.45, 7) is 0. The van der Waals surface area contributed by atoms with Gasteiger partial charge in [0.05, 0.1) is 0 Å². The lowest BCUT2D eigenvalue weighted by Crippen LogP contribution is -2.15. The number of carbonyl (C=O) groups excluding carboxylic acids is 1. The maximum absolute atomic E-state index is 14.0. The normalized spacial score (nSPS) is 10.6. The maximum Gasteiger partial charge on any atom is 0.261 e. The van der Waals surface area contributed by atoms with Gasteiger partial charge < -0.3 is 5.32 Å². The molecule has 4 rings (SSSR count). The van der Waals surface area contributed by atoms with Crippen molar-refractivity contribution < 1.29 is 13.6 Å². The molecule has 0 aliphatic rings. The summed E-state index contributed by atoms with van der Waals surface area (Å²) in [7, 11) is 0. The zero-order valence-corrected chi connectivity index (χ0v) is 17.9. The molecule has 0 saturated heterocycles. The van der Waals surface area contributed by atoms with Crippen LogP contribution < -0.4 is 5.32 Å². The zero-order valence-electron chi connectivity index (χ0n) is 16.2. The first kappa shape index (κ1) is 21.2. The van der Waals surface area contributed by atoms with Crippen LogP contribution in [0, 0.1) is 11.6 Å². The third-order valence-corrected chi connectivity index (χ3v) is 6.24. The monoisotopic (exact) mass is 449 g/mol. The Balaban J connectivity index is 1.66. The van der Waals surface area contributed by atoms with Crippen molar-refractivity contribution in [3.63, 3.8) is 0 Å². The summed E-state index contributed by atoms with van der Waals surface area (Å²) in [5.41, 5.74) is -0.132. The van der Waals surface area contributed by atoms with Gasteiger partial charge in [0, 0.05) is 25.3 Å². The second kappa shape index (κ2) is 9.81. The molecule has 0 aromatic heterocycles. The number of carbonyl (C=O) groups is 1. The number of rotatable bonds is 6. The molecule has 1 N–H and O–H groups in total. The number of nitrogens with one attached hydrogen (secondary N) is 1. The van der Waals surface area contributed by atoms with Gasteiger partial charge in [-0.25, -0.2) is 8.78 Å². The average molecular weight is 450 g/mol. The first-order valence-electron chi connectivity index (χ1n) is 9.45. The van der Waals surface area contributed by atoms with E-state index in [-0.39, 0.29) is 0 Å². The van der Waals surface area contributed by atoms with Crippen LogP contribution in [0.3, 0.4) is 0 Å². The molecule has 6 heteroatoms. The predicted molar refractivity (Wildman–Crippen MR) is 122 cm³/mol. The fourth-order valence-electron chi connectivity index (χ4n) is 2.92. The fraction of sp³-hybridized carbons (Fsp3) is 0. The summed E-state index contributed by atoms with van der Waals surface area (Å²) in [6, 6.07) is 28.7. The number of amides is 1. The topological polar surface area (TPSA) is 29.1 Å². The molecule has 0 aliphatic carbocycles. The highest BCUT2D eigenvalue weighted by Crippen LogP contribution is 2.36. The summed E-state index contributed by atoms with van der Waals surface area (Å²) >= 11 is 3.09. The van der Waals surface area contributed by atoms with Crippen molar-refractivity contribution in [3.05, 3.63) is 114 Å². The third-order valence-electron chi connectivity index (χ3n) is 4.29. The Bertz CT molecular complexity index is 1120. The molecule has 0 heterocycles. The van der Waals surface area contributed by atoms with Crippen LogP contribution in [0.4, 0.5) is 14.5 Å². The highest BCUT2D eigenvalue weighted by molar-refractivity contribution is 8.00. The molecule has 0 spiro atoms. The lowest BCUT2D eigenvalue weighted by Gasteiger charge is -2.12. The van der Waals surface area contributed by atoms with Gasteiger partial charge in [-0.15, -0.1) is 0 Å². The zero-order chi connectivity index (χ0) is 21.6. The van der Waals surface area contributed by atoms with E-state index in [9.17, 15) is 13.6 Å². The molecule has 0 fully saturated rings. The molecular formula is C25H17F2NOS2. The van der Waals surface area contributed by atoms with Gasteiger partial charge in [-0.1, -0.05) is 66.0 Å².